The van der Waals surface area contributed by atoms with Gasteiger partial charge in [-0.05, 0) is 25.5 Å². The summed E-state index contributed by atoms with van der Waals surface area (Å²) in [6.45, 7) is 5.06. The van der Waals surface area contributed by atoms with Gasteiger partial charge in [-0.2, -0.15) is 0 Å². The van der Waals surface area contributed by atoms with E-state index in [1.54, 1.807) is 56.4 Å². The summed E-state index contributed by atoms with van der Waals surface area (Å²) >= 11 is 0. The van der Waals surface area contributed by atoms with Gasteiger partial charge in [-0.1, -0.05) is 61.6 Å². The molecule has 1 heterocycles. The monoisotopic (exact) mass is 526 g/mol. The number of methoxy groups -OCH3 is 1. The summed E-state index contributed by atoms with van der Waals surface area (Å²) in [5.41, 5.74) is 6.59. The Bertz CT molecular complexity index is 1120. The molecule has 9 heteroatoms. The van der Waals surface area contributed by atoms with E-state index >= 15 is 0 Å². The summed E-state index contributed by atoms with van der Waals surface area (Å²) in [7, 11) is 1.48. The van der Waals surface area contributed by atoms with Gasteiger partial charge < -0.3 is 35.8 Å². The molecule has 206 valence electrons. The van der Waals surface area contributed by atoms with Crippen LogP contribution < -0.4 is 11.1 Å². The molecule has 38 heavy (non-hydrogen) atoms. The molecule has 2 rings (SSSR count). The maximum atomic E-state index is 12.5. The average Bonchev–Trinajstić information content (AvgIpc) is 2.87. The Morgan fingerprint density at radius 1 is 1.16 bits per heavy atom. The first kappa shape index (κ1) is 30.6. The third-order valence-corrected chi connectivity index (χ3v) is 6.08. The van der Waals surface area contributed by atoms with Crippen molar-refractivity contribution in [3.8, 4) is 11.5 Å². The van der Waals surface area contributed by atoms with E-state index in [-0.39, 0.29) is 29.2 Å². The van der Waals surface area contributed by atoms with Crippen LogP contribution in [0.15, 0.2) is 66.3 Å². The number of rotatable bonds is 3. The molecule has 0 aliphatic carbocycles. The SMILES string of the molecule is COC1C=CC=CC=CCC(OC(=O)C(C)N)C(C)C(O)/C(C)=C\C=Cc2cc(O)cc(c2O)NC(=O)C1. The second-order valence-corrected chi connectivity index (χ2v) is 9.23. The van der Waals surface area contributed by atoms with E-state index in [1.165, 1.54) is 32.2 Å². The summed E-state index contributed by atoms with van der Waals surface area (Å²) < 4.78 is 10.9. The second kappa shape index (κ2) is 14.9. The molecule has 6 N–H and O–H groups in total. The normalized spacial score (nSPS) is 25.5. The van der Waals surface area contributed by atoms with Gasteiger partial charge in [-0.25, -0.2) is 0 Å². The lowest BCUT2D eigenvalue weighted by molar-refractivity contribution is -0.154. The first-order chi connectivity index (χ1) is 18.0. The molecule has 5 atom stereocenters. The highest BCUT2D eigenvalue weighted by Gasteiger charge is 2.28. The van der Waals surface area contributed by atoms with Crippen LogP contribution in [0.2, 0.25) is 0 Å². The highest BCUT2D eigenvalue weighted by molar-refractivity contribution is 5.94. The smallest absolute Gasteiger partial charge is 0.322 e. The van der Waals surface area contributed by atoms with E-state index in [4.69, 9.17) is 15.2 Å². The van der Waals surface area contributed by atoms with Crippen molar-refractivity contribution < 1.29 is 34.4 Å². The Morgan fingerprint density at radius 2 is 1.87 bits per heavy atom. The molecule has 9 nitrogen and oxygen atoms in total. The van der Waals surface area contributed by atoms with E-state index in [1.807, 2.05) is 6.08 Å². The van der Waals surface area contributed by atoms with E-state index in [9.17, 15) is 24.9 Å². The van der Waals surface area contributed by atoms with Crippen LogP contribution in [0.1, 0.15) is 39.2 Å². The van der Waals surface area contributed by atoms with Crippen molar-refractivity contribution in [1.29, 1.82) is 0 Å². The minimum Gasteiger partial charge on any atom is -0.508 e. The largest absolute Gasteiger partial charge is 0.508 e. The number of aromatic hydroxyl groups is 2. The highest BCUT2D eigenvalue weighted by atomic mass is 16.5. The second-order valence-electron chi connectivity index (χ2n) is 9.23. The Hall–Kier alpha value is -3.66. The number of benzene rings is 1. The molecule has 1 aliphatic rings. The van der Waals surface area contributed by atoms with Crippen LogP contribution in [-0.4, -0.2) is 58.7 Å². The maximum Gasteiger partial charge on any atom is 0.322 e. The summed E-state index contributed by atoms with van der Waals surface area (Å²) in [5.74, 6) is -1.79. The van der Waals surface area contributed by atoms with Crippen molar-refractivity contribution in [2.45, 2.75) is 58.0 Å². The zero-order chi connectivity index (χ0) is 28.2. The van der Waals surface area contributed by atoms with Crippen LogP contribution in [0.25, 0.3) is 6.08 Å². The van der Waals surface area contributed by atoms with Gasteiger partial charge in [0.2, 0.25) is 5.91 Å². The molecule has 0 spiro atoms. The van der Waals surface area contributed by atoms with E-state index in [0.717, 1.165) is 0 Å². The van der Waals surface area contributed by atoms with Crippen molar-refractivity contribution in [3.63, 3.8) is 0 Å². The number of amides is 1. The zero-order valence-electron chi connectivity index (χ0n) is 22.2. The number of anilines is 1. The molecule has 5 unspecified atom stereocenters. The molecule has 1 amide bonds. The number of carbonyl (C=O) groups excluding carboxylic acids is 2. The summed E-state index contributed by atoms with van der Waals surface area (Å²) in [4.78, 5) is 24.8. The van der Waals surface area contributed by atoms with Crippen LogP contribution in [0.3, 0.4) is 0 Å². The van der Waals surface area contributed by atoms with Crippen LogP contribution in [0.4, 0.5) is 5.69 Å². The zero-order valence-corrected chi connectivity index (χ0v) is 22.2. The topological polar surface area (TPSA) is 151 Å². The minimum absolute atomic E-state index is 0.0126. The van der Waals surface area contributed by atoms with Gasteiger partial charge in [-0.3, -0.25) is 9.59 Å². The first-order valence-corrected chi connectivity index (χ1v) is 12.4. The maximum absolute atomic E-state index is 12.5. The number of phenols is 2. The molecule has 0 saturated heterocycles. The van der Waals surface area contributed by atoms with Crippen LogP contribution in [0.5, 0.6) is 11.5 Å². The third kappa shape index (κ3) is 9.33. The summed E-state index contributed by atoms with van der Waals surface area (Å²) in [6.07, 6.45) is 13.7. The Balaban J connectivity index is 2.45. The van der Waals surface area contributed by atoms with Crippen molar-refractivity contribution in [2.75, 3.05) is 12.4 Å². The number of nitrogens with two attached hydrogens (primary N) is 1. The highest BCUT2D eigenvalue weighted by Crippen LogP contribution is 2.33. The number of nitrogens with one attached hydrogen (secondary N) is 1. The number of phenolic OH excluding ortho intramolecular Hbond substituents is 2. The van der Waals surface area contributed by atoms with Crippen LogP contribution >= 0.6 is 0 Å². The number of carbonyl (C=O) groups is 2. The molecule has 0 saturated carbocycles. The predicted molar refractivity (Wildman–Crippen MR) is 147 cm³/mol. The van der Waals surface area contributed by atoms with Crippen molar-refractivity contribution in [1.82, 2.24) is 0 Å². The molecule has 0 radical (unpaired) electrons. The molecular weight excluding hydrogens is 488 g/mol. The number of esters is 1. The fraction of sp³-hybridized carbons (Fsp3) is 0.379. The van der Waals surface area contributed by atoms with E-state index in [0.29, 0.717) is 12.0 Å². The van der Waals surface area contributed by atoms with Gasteiger partial charge >= 0.3 is 5.97 Å². The van der Waals surface area contributed by atoms with Gasteiger partial charge in [0.1, 0.15) is 23.6 Å². The number of aliphatic hydroxyl groups excluding tert-OH is 1. The van der Waals surface area contributed by atoms with Crippen molar-refractivity contribution >= 4 is 23.6 Å². The lowest BCUT2D eigenvalue weighted by atomic mass is 9.90. The van der Waals surface area contributed by atoms with Crippen molar-refractivity contribution in [3.05, 3.63) is 71.9 Å². The molecule has 2 bridgehead atoms. The number of hydrogen-bond acceptors (Lipinski definition) is 8. The average molecular weight is 527 g/mol. The predicted octanol–water partition coefficient (Wildman–Crippen LogP) is 3.73. The number of allylic oxidation sites excluding steroid dienone is 6. The molecule has 0 fully saturated rings. The first-order valence-electron chi connectivity index (χ1n) is 12.4. The Labute approximate surface area is 223 Å². The summed E-state index contributed by atoms with van der Waals surface area (Å²) in [6, 6.07) is 1.80. The number of aliphatic hydroxyl groups is 1. The lowest BCUT2D eigenvalue weighted by Crippen LogP contribution is -2.38. The summed E-state index contributed by atoms with van der Waals surface area (Å²) in [5, 5.41) is 34.3. The Morgan fingerprint density at radius 3 is 2.55 bits per heavy atom. The van der Waals surface area contributed by atoms with E-state index in [2.05, 4.69) is 5.32 Å². The van der Waals surface area contributed by atoms with Gasteiger partial charge in [0.25, 0.3) is 0 Å². The quantitative estimate of drug-likeness (QED) is 0.227. The Kier molecular flexibility index (Phi) is 12.0. The molecule has 1 aliphatic heterocycles. The number of hydrogen-bond donors (Lipinski definition) is 5. The van der Waals surface area contributed by atoms with Crippen molar-refractivity contribution in [2.24, 2.45) is 11.7 Å². The number of fused-ring (bicyclic) bond motifs is 2. The van der Waals surface area contributed by atoms with Crippen LogP contribution in [0, 0.1) is 5.92 Å². The molecule has 1 aromatic rings. The fourth-order valence-corrected chi connectivity index (χ4v) is 3.73. The molecular formula is C29H38N2O7. The molecule has 1 aromatic carbocycles. The van der Waals surface area contributed by atoms with Gasteiger partial charge in [0, 0.05) is 31.1 Å². The van der Waals surface area contributed by atoms with E-state index < -0.39 is 42.1 Å². The minimum atomic E-state index is -0.940. The van der Waals surface area contributed by atoms with Gasteiger partial charge in [0.15, 0.2) is 0 Å². The number of ether oxygens (including phenoxy) is 2. The molecule has 0 aromatic heterocycles. The van der Waals surface area contributed by atoms with Gasteiger partial charge in [-0.15, -0.1) is 0 Å². The standard InChI is InChI=1S/C29H38N2O7/c1-18-11-10-12-21-15-22(32)16-24(28(21)35)31-26(33)17-23(37-4)13-8-6-5-7-9-14-25(19(2)27(18)34)38-29(36)20(3)30/h5-13,15-16,19-20,23,25,27,32,34-35H,14,17,30H2,1-4H3,(H,31,33)/b6-5?,9-7?,12-10?,13-8?,18-11-. The van der Waals surface area contributed by atoms with Crippen LogP contribution in [-0.2, 0) is 19.1 Å². The third-order valence-electron chi connectivity index (χ3n) is 6.08. The fourth-order valence-electron chi connectivity index (χ4n) is 3.73. The lowest BCUT2D eigenvalue weighted by Gasteiger charge is -2.28. The van der Waals surface area contributed by atoms with Gasteiger partial charge in [0.05, 0.1) is 24.3 Å².